The van der Waals surface area contributed by atoms with Crippen molar-refractivity contribution in [3.63, 3.8) is 0 Å². The Balaban J connectivity index is 2.12. The van der Waals surface area contributed by atoms with Gasteiger partial charge in [0.2, 0.25) is 5.75 Å². The van der Waals surface area contributed by atoms with Crippen molar-refractivity contribution in [2.45, 2.75) is 32.6 Å². The van der Waals surface area contributed by atoms with Gasteiger partial charge in [-0.15, -0.1) is 4.09 Å². The minimum atomic E-state index is -4.13. The maximum atomic E-state index is 13.6. The highest BCUT2D eigenvalue weighted by atomic mass is 32.2. The second kappa shape index (κ2) is 9.47. The molecule has 0 unspecified atom stereocenters. The third kappa shape index (κ3) is 4.50. The number of aromatic nitrogens is 2. The highest BCUT2D eigenvalue weighted by molar-refractivity contribution is 7.90. The Kier molecular flexibility index (Phi) is 6.93. The molecule has 8 nitrogen and oxygen atoms in total. The number of nitrogen functional groups attached to an aromatic ring is 1. The molecule has 0 spiro atoms. The zero-order chi connectivity index (χ0) is 23.5. The van der Waals surface area contributed by atoms with E-state index in [4.69, 9.17) is 19.9 Å². The Hall–Kier alpha value is -3.27. The van der Waals surface area contributed by atoms with E-state index in [2.05, 4.69) is 5.10 Å². The largest absolute Gasteiger partial charge is 0.490 e. The molecule has 1 heterocycles. The molecule has 0 saturated heterocycles. The van der Waals surface area contributed by atoms with Crippen LogP contribution in [0.1, 0.15) is 26.3 Å². The van der Waals surface area contributed by atoms with Gasteiger partial charge in [0, 0.05) is 11.6 Å². The Bertz CT molecular complexity index is 1200. The number of hydrogen-bond donors (Lipinski definition) is 1. The van der Waals surface area contributed by atoms with Crippen molar-refractivity contribution in [3.05, 3.63) is 47.8 Å². The summed E-state index contributed by atoms with van der Waals surface area (Å²) >= 11 is 0. The van der Waals surface area contributed by atoms with Crippen molar-refractivity contribution >= 4 is 15.8 Å². The van der Waals surface area contributed by atoms with Crippen molar-refractivity contribution in [2.24, 2.45) is 0 Å². The van der Waals surface area contributed by atoms with Crippen LogP contribution in [0.25, 0.3) is 11.3 Å². The Morgan fingerprint density at radius 1 is 0.969 bits per heavy atom. The number of nitrogens with two attached hydrogens (primary N) is 1. The number of nitrogens with zero attached hydrogens (tertiary/aromatic N) is 2. The quantitative estimate of drug-likeness (QED) is 0.511. The van der Waals surface area contributed by atoms with Gasteiger partial charge in [-0.1, -0.05) is 0 Å². The monoisotopic (exact) mass is 463 g/mol. The molecule has 0 radical (unpaired) electrons. The highest BCUT2D eigenvalue weighted by Crippen LogP contribution is 2.42. The summed E-state index contributed by atoms with van der Waals surface area (Å²) in [4.78, 5) is -0.116. The van der Waals surface area contributed by atoms with Gasteiger partial charge in [0.15, 0.2) is 11.5 Å². The minimum Gasteiger partial charge on any atom is -0.490 e. The van der Waals surface area contributed by atoms with Crippen LogP contribution in [0.2, 0.25) is 0 Å². The molecule has 0 aliphatic heterocycles. The maximum absolute atomic E-state index is 13.6. The van der Waals surface area contributed by atoms with Crippen molar-refractivity contribution in [1.29, 1.82) is 0 Å². The van der Waals surface area contributed by atoms with Gasteiger partial charge in [-0.05, 0) is 63.6 Å². The second-order valence-corrected chi connectivity index (χ2v) is 8.58. The molecule has 2 N–H and O–H groups in total. The fourth-order valence-corrected chi connectivity index (χ4v) is 4.42. The van der Waals surface area contributed by atoms with E-state index in [1.807, 2.05) is 20.8 Å². The van der Waals surface area contributed by atoms with E-state index in [1.54, 1.807) is 12.1 Å². The van der Waals surface area contributed by atoms with E-state index in [0.29, 0.717) is 48.3 Å². The van der Waals surface area contributed by atoms with Crippen molar-refractivity contribution in [2.75, 3.05) is 25.6 Å². The van der Waals surface area contributed by atoms with Gasteiger partial charge in [-0.3, -0.25) is 0 Å². The lowest BCUT2D eigenvalue weighted by atomic mass is 10.1. The van der Waals surface area contributed by atoms with Crippen LogP contribution in [-0.2, 0) is 10.0 Å². The SMILES string of the molecule is CCOc1cc(-c2cc(N)n(S(=O)(=O)c3ccc(F)c(C)c3)n2)cc(OCC)c1OCC. The Morgan fingerprint density at radius 2 is 1.56 bits per heavy atom. The van der Waals surface area contributed by atoms with Crippen LogP contribution in [0, 0.1) is 12.7 Å². The van der Waals surface area contributed by atoms with Gasteiger partial charge in [0.1, 0.15) is 11.6 Å². The summed E-state index contributed by atoms with van der Waals surface area (Å²) in [5.41, 5.74) is 7.04. The van der Waals surface area contributed by atoms with E-state index in [9.17, 15) is 12.8 Å². The average Bonchev–Trinajstić information content (AvgIpc) is 3.15. The number of rotatable bonds is 9. The molecular weight excluding hydrogens is 437 g/mol. The van der Waals surface area contributed by atoms with E-state index in [1.165, 1.54) is 25.1 Å². The van der Waals surface area contributed by atoms with Gasteiger partial charge < -0.3 is 19.9 Å². The number of anilines is 1. The van der Waals surface area contributed by atoms with Crippen molar-refractivity contribution in [3.8, 4) is 28.5 Å². The minimum absolute atomic E-state index is 0.0909. The average molecular weight is 464 g/mol. The van der Waals surface area contributed by atoms with Crippen molar-refractivity contribution in [1.82, 2.24) is 9.19 Å². The van der Waals surface area contributed by atoms with Gasteiger partial charge in [0.05, 0.1) is 30.4 Å². The first kappa shape index (κ1) is 23.4. The Morgan fingerprint density at radius 3 is 2.09 bits per heavy atom. The van der Waals surface area contributed by atoms with Crippen LogP contribution >= 0.6 is 0 Å². The lowest BCUT2D eigenvalue weighted by Crippen LogP contribution is -2.17. The molecule has 0 fully saturated rings. The van der Waals surface area contributed by atoms with Crippen LogP contribution in [0.15, 0.2) is 41.3 Å². The summed E-state index contributed by atoms with van der Waals surface area (Å²) in [5, 5.41) is 4.22. The van der Waals surface area contributed by atoms with E-state index < -0.39 is 15.8 Å². The predicted molar refractivity (Wildman–Crippen MR) is 119 cm³/mol. The summed E-state index contributed by atoms with van der Waals surface area (Å²) in [6, 6.07) is 8.33. The second-order valence-electron chi connectivity index (χ2n) is 6.81. The number of ether oxygens (including phenoxy) is 3. The zero-order valence-corrected chi connectivity index (χ0v) is 19.2. The molecule has 3 aromatic rings. The predicted octanol–water partition coefficient (Wildman–Crippen LogP) is 4.01. The van der Waals surface area contributed by atoms with Crippen molar-refractivity contribution < 1.29 is 27.0 Å². The molecule has 0 amide bonds. The van der Waals surface area contributed by atoms with E-state index >= 15 is 0 Å². The lowest BCUT2D eigenvalue weighted by Gasteiger charge is -2.16. The van der Waals surface area contributed by atoms with Crippen LogP contribution in [-0.4, -0.2) is 37.4 Å². The first-order chi connectivity index (χ1) is 15.2. The number of benzene rings is 2. The third-order valence-corrected chi connectivity index (χ3v) is 6.16. The fraction of sp³-hybridized carbons (Fsp3) is 0.318. The molecule has 3 rings (SSSR count). The van der Waals surface area contributed by atoms with Crippen LogP contribution < -0.4 is 19.9 Å². The molecule has 32 heavy (non-hydrogen) atoms. The third-order valence-electron chi connectivity index (χ3n) is 4.56. The normalized spacial score (nSPS) is 11.4. The molecule has 10 heteroatoms. The molecular formula is C22H26FN3O5S. The molecule has 0 saturated carbocycles. The summed E-state index contributed by atoms with van der Waals surface area (Å²) in [7, 11) is -4.13. The molecule has 0 bridgehead atoms. The smallest absolute Gasteiger partial charge is 0.284 e. The standard InChI is InChI=1S/C22H26FN3O5S/c1-5-29-19-11-15(12-20(30-6-2)22(19)31-7-3)18-13-21(24)26(25-18)32(27,28)16-8-9-17(23)14(4)10-16/h8-13H,5-7,24H2,1-4H3. The number of aryl methyl sites for hydroxylation is 1. The summed E-state index contributed by atoms with van der Waals surface area (Å²) in [5.74, 6) is 0.758. The highest BCUT2D eigenvalue weighted by Gasteiger charge is 2.24. The van der Waals surface area contributed by atoms with E-state index in [-0.39, 0.29) is 16.3 Å². The zero-order valence-electron chi connectivity index (χ0n) is 18.4. The molecule has 0 aliphatic rings. The molecule has 0 aliphatic carbocycles. The first-order valence-electron chi connectivity index (χ1n) is 10.2. The topological polar surface area (TPSA) is 106 Å². The Labute approximate surface area is 186 Å². The summed E-state index contributed by atoms with van der Waals surface area (Å²) in [6.45, 7) is 8.21. The lowest BCUT2D eigenvalue weighted by molar-refractivity contribution is 0.261. The number of hydrogen-bond acceptors (Lipinski definition) is 7. The van der Waals surface area contributed by atoms with Gasteiger partial charge in [-0.2, -0.15) is 13.5 Å². The molecule has 172 valence electrons. The molecule has 2 aromatic carbocycles. The van der Waals surface area contributed by atoms with Gasteiger partial charge in [-0.25, -0.2) is 4.39 Å². The van der Waals surface area contributed by atoms with Gasteiger partial charge in [0.25, 0.3) is 10.0 Å². The first-order valence-corrected chi connectivity index (χ1v) is 11.6. The van der Waals surface area contributed by atoms with E-state index in [0.717, 1.165) is 10.2 Å². The maximum Gasteiger partial charge on any atom is 0.284 e. The fourth-order valence-electron chi connectivity index (χ4n) is 3.13. The molecule has 1 aromatic heterocycles. The summed E-state index contributed by atoms with van der Waals surface area (Å²) in [6.07, 6.45) is 0. The molecule has 0 atom stereocenters. The van der Waals surface area contributed by atoms with Crippen LogP contribution in [0.5, 0.6) is 17.2 Å². The van der Waals surface area contributed by atoms with Crippen LogP contribution in [0.3, 0.4) is 0 Å². The number of halogens is 1. The van der Waals surface area contributed by atoms with Gasteiger partial charge >= 0.3 is 0 Å². The summed E-state index contributed by atoms with van der Waals surface area (Å²) < 4.78 is 57.6. The van der Waals surface area contributed by atoms with Crippen LogP contribution in [0.4, 0.5) is 10.2 Å².